The Bertz CT molecular complexity index is 467. The summed E-state index contributed by atoms with van der Waals surface area (Å²) in [6, 6.07) is 3.79. The molecule has 70 valence electrons. The molecule has 0 unspecified atom stereocenters. The Morgan fingerprint density at radius 1 is 1.29 bits per heavy atom. The molecule has 3 rings (SSSR count). The Balaban J connectivity index is 2.29. The van der Waals surface area contributed by atoms with Gasteiger partial charge in [-0.3, -0.25) is 9.59 Å². The van der Waals surface area contributed by atoms with Crippen LogP contribution in [-0.4, -0.2) is 17.4 Å². The fourth-order valence-corrected chi connectivity index (χ4v) is 3.00. The first-order valence-electron chi connectivity index (χ1n) is 4.42. The number of amides is 1. The average Bonchev–Trinajstić information content (AvgIpc) is 2.72. The lowest BCUT2D eigenvalue weighted by Crippen LogP contribution is -2.13. The number of nitrogens with one attached hydrogen (secondary N) is 1. The molecule has 1 aromatic carbocycles. The van der Waals surface area contributed by atoms with E-state index >= 15 is 0 Å². The van der Waals surface area contributed by atoms with E-state index in [2.05, 4.69) is 5.32 Å². The Morgan fingerprint density at radius 2 is 2.14 bits per heavy atom. The van der Waals surface area contributed by atoms with Crippen molar-refractivity contribution < 1.29 is 9.59 Å². The predicted octanol–water partition coefficient (Wildman–Crippen LogP) is 1.47. The standard InChI is InChI=1S/C10H7NO2S/c12-9-8-5-3-4-14-7(5)2-1-6(8)11-10(9)13/h1-2H,3-4H2,(H,11,12,13). The molecular formula is C10H7NO2S. The summed E-state index contributed by atoms with van der Waals surface area (Å²) in [6.07, 6.45) is 0.893. The van der Waals surface area contributed by atoms with Crippen LogP contribution >= 0.6 is 11.8 Å². The molecule has 0 saturated heterocycles. The van der Waals surface area contributed by atoms with Gasteiger partial charge in [0, 0.05) is 10.6 Å². The summed E-state index contributed by atoms with van der Waals surface area (Å²) in [4.78, 5) is 23.8. The van der Waals surface area contributed by atoms with Crippen LogP contribution in [0.25, 0.3) is 0 Å². The maximum Gasteiger partial charge on any atom is 0.296 e. The van der Waals surface area contributed by atoms with Crippen molar-refractivity contribution in [1.29, 1.82) is 0 Å². The van der Waals surface area contributed by atoms with E-state index in [1.54, 1.807) is 11.8 Å². The summed E-state index contributed by atoms with van der Waals surface area (Å²) in [7, 11) is 0. The highest BCUT2D eigenvalue weighted by atomic mass is 32.2. The van der Waals surface area contributed by atoms with Crippen LogP contribution in [0.1, 0.15) is 15.9 Å². The number of benzene rings is 1. The van der Waals surface area contributed by atoms with Crippen LogP contribution in [0.15, 0.2) is 17.0 Å². The van der Waals surface area contributed by atoms with Gasteiger partial charge in [0.1, 0.15) is 0 Å². The number of anilines is 1. The maximum absolute atomic E-state index is 11.5. The van der Waals surface area contributed by atoms with E-state index in [0.717, 1.165) is 22.6 Å². The zero-order valence-corrected chi connectivity index (χ0v) is 8.11. The lowest BCUT2D eigenvalue weighted by molar-refractivity contribution is -0.112. The van der Waals surface area contributed by atoms with E-state index in [1.165, 1.54) is 0 Å². The highest BCUT2D eigenvalue weighted by molar-refractivity contribution is 7.99. The van der Waals surface area contributed by atoms with Crippen molar-refractivity contribution >= 4 is 29.1 Å². The highest BCUT2D eigenvalue weighted by Crippen LogP contribution is 2.38. The van der Waals surface area contributed by atoms with Crippen molar-refractivity contribution in [2.75, 3.05) is 11.1 Å². The second-order valence-corrected chi connectivity index (χ2v) is 4.48. The zero-order chi connectivity index (χ0) is 9.71. The Labute approximate surface area is 84.9 Å². The lowest BCUT2D eigenvalue weighted by atomic mass is 10.0. The number of rotatable bonds is 0. The third-order valence-corrected chi connectivity index (χ3v) is 3.66. The first-order valence-corrected chi connectivity index (χ1v) is 5.40. The summed E-state index contributed by atoms with van der Waals surface area (Å²) >= 11 is 1.75. The molecule has 0 aromatic heterocycles. The Kier molecular flexibility index (Phi) is 1.50. The van der Waals surface area contributed by atoms with Crippen LogP contribution in [-0.2, 0) is 11.2 Å². The van der Waals surface area contributed by atoms with Crippen molar-refractivity contribution in [3.05, 3.63) is 23.3 Å². The highest BCUT2D eigenvalue weighted by Gasteiger charge is 2.32. The van der Waals surface area contributed by atoms with Gasteiger partial charge >= 0.3 is 0 Å². The summed E-state index contributed by atoms with van der Waals surface area (Å²) in [5.74, 6) is 0.137. The van der Waals surface area contributed by atoms with E-state index in [0.29, 0.717) is 11.3 Å². The molecule has 3 nitrogen and oxygen atoms in total. The van der Waals surface area contributed by atoms with E-state index in [-0.39, 0.29) is 5.78 Å². The molecule has 2 aliphatic heterocycles. The molecule has 2 heterocycles. The summed E-state index contributed by atoms with van der Waals surface area (Å²) in [5, 5.41) is 2.58. The molecule has 0 fully saturated rings. The third-order valence-electron chi connectivity index (χ3n) is 2.56. The van der Waals surface area contributed by atoms with Gasteiger partial charge in [-0.25, -0.2) is 0 Å². The van der Waals surface area contributed by atoms with E-state index in [4.69, 9.17) is 0 Å². The van der Waals surface area contributed by atoms with Crippen molar-refractivity contribution in [2.24, 2.45) is 0 Å². The second-order valence-electron chi connectivity index (χ2n) is 3.35. The molecule has 0 atom stereocenters. The van der Waals surface area contributed by atoms with Crippen LogP contribution in [0.4, 0.5) is 5.69 Å². The normalized spacial score (nSPS) is 18.0. The van der Waals surface area contributed by atoms with Crippen molar-refractivity contribution in [1.82, 2.24) is 0 Å². The third kappa shape index (κ3) is 0.889. The minimum Gasteiger partial charge on any atom is -0.318 e. The molecular weight excluding hydrogens is 198 g/mol. The molecule has 2 aliphatic rings. The topological polar surface area (TPSA) is 46.2 Å². The lowest BCUT2D eigenvalue weighted by Gasteiger charge is -2.02. The van der Waals surface area contributed by atoms with Crippen LogP contribution in [0, 0.1) is 0 Å². The number of thioether (sulfide) groups is 1. The van der Waals surface area contributed by atoms with Crippen LogP contribution in [0.3, 0.4) is 0 Å². The first-order chi connectivity index (χ1) is 6.77. The van der Waals surface area contributed by atoms with E-state index < -0.39 is 5.91 Å². The molecule has 0 spiro atoms. The molecule has 0 saturated carbocycles. The van der Waals surface area contributed by atoms with Crippen LogP contribution < -0.4 is 5.32 Å². The Hall–Kier alpha value is -1.29. The van der Waals surface area contributed by atoms with E-state index in [1.807, 2.05) is 12.1 Å². The largest absolute Gasteiger partial charge is 0.318 e. The van der Waals surface area contributed by atoms with Crippen molar-refractivity contribution in [3.63, 3.8) is 0 Å². The van der Waals surface area contributed by atoms with Crippen molar-refractivity contribution in [3.8, 4) is 0 Å². The number of fused-ring (bicyclic) bond motifs is 3. The molecule has 1 N–H and O–H groups in total. The van der Waals surface area contributed by atoms with Crippen LogP contribution in [0.2, 0.25) is 0 Å². The fourth-order valence-electron chi connectivity index (χ4n) is 1.93. The molecule has 0 aliphatic carbocycles. The summed E-state index contributed by atoms with van der Waals surface area (Å²) in [5.41, 5.74) is 2.34. The van der Waals surface area contributed by atoms with Gasteiger partial charge in [0.2, 0.25) is 0 Å². The molecule has 4 heteroatoms. The smallest absolute Gasteiger partial charge is 0.296 e. The predicted molar refractivity (Wildman–Crippen MR) is 53.8 cm³/mol. The molecule has 1 amide bonds. The quantitative estimate of drug-likeness (QED) is 0.652. The molecule has 1 aromatic rings. The zero-order valence-electron chi connectivity index (χ0n) is 7.29. The number of ketones is 1. The number of carbonyl (C=O) groups excluding carboxylic acids is 2. The van der Waals surface area contributed by atoms with Gasteiger partial charge in [-0.05, 0) is 24.1 Å². The van der Waals surface area contributed by atoms with Gasteiger partial charge in [-0.2, -0.15) is 0 Å². The molecule has 0 radical (unpaired) electrons. The van der Waals surface area contributed by atoms with Gasteiger partial charge in [-0.1, -0.05) is 0 Å². The van der Waals surface area contributed by atoms with Gasteiger partial charge < -0.3 is 5.32 Å². The minimum absolute atomic E-state index is 0.376. The number of hydrogen-bond donors (Lipinski definition) is 1. The minimum atomic E-state index is -0.495. The summed E-state index contributed by atoms with van der Waals surface area (Å²) < 4.78 is 0. The van der Waals surface area contributed by atoms with Crippen molar-refractivity contribution in [2.45, 2.75) is 11.3 Å². The molecule has 0 bridgehead atoms. The van der Waals surface area contributed by atoms with Gasteiger partial charge in [-0.15, -0.1) is 11.8 Å². The maximum atomic E-state index is 11.5. The number of hydrogen-bond acceptors (Lipinski definition) is 3. The summed E-state index contributed by atoms with van der Waals surface area (Å²) in [6.45, 7) is 0. The Morgan fingerprint density at radius 3 is 3.00 bits per heavy atom. The average molecular weight is 205 g/mol. The van der Waals surface area contributed by atoms with Gasteiger partial charge in [0.15, 0.2) is 0 Å². The molecule has 14 heavy (non-hydrogen) atoms. The van der Waals surface area contributed by atoms with Gasteiger partial charge in [0.25, 0.3) is 11.7 Å². The SMILES string of the molecule is O=C1Nc2ccc3c(c2C1=O)CCS3. The number of carbonyl (C=O) groups is 2. The van der Waals surface area contributed by atoms with E-state index in [9.17, 15) is 9.59 Å². The monoisotopic (exact) mass is 205 g/mol. The van der Waals surface area contributed by atoms with Gasteiger partial charge in [0.05, 0.1) is 11.3 Å². The first kappa shape index (κ1) is 8.05. The second kappa shape index (κ2) is 2.60. The number of Topliss-reactive ketones (excluding diaryl/α,β-unsaturated/α-hetero) is 1. The fraction of sp³-hybridized carbons (Fsp3) is 0.200. The van der Waals surface area contributed by atoms with Crippen LogP contribution in [0.5, 0.6) is 0 Å².